The van der Waals surface area contributed by atoms with Crippen molar-refractivity contribution in [3.05, 3.63) is 0 Å². The van der Waals surface area contributed by atoms with Crippen LogP contribution in [0.4, 0.5) is 0 Å². The molecule has 0 saturated heterocycles. The van der Waals surface area contributed by atoms with E-state index in [1.165, 1.54) is 0 Å². The number of ether oxygens (including phenoxy) is 2. The predicted molar refractivity (Wildman–Crippen MR) is 116 cm³/mol. The van der Waals surface area contributed by atoms with E-state index in [1.807, 2.05) is 6.92 Å². The molecule has 0 bridgehead atoms. The lowest BCUT2D eigenvalue weighted by atomic mass is 9.79. The van der Waals surface area contributed by atoms with E-state index in [1.54, 1.807) is 0 Å². The highest BCUT2D eigenvalue weighted by molar-refractivity contribution is 5.83. The monoisotopic (exact) mass is 409 g/mol. The van der Waals surface area contributed by atoms with Crippen molar-refractivity contribution in [1.82, 2.24) is 5.32 Å². The maximum absolute atomic E-state index is 12.3. The summed E-state index contributed by atoms with van der Waals surface area (Å²) in [5.41, 5.74) is 0. The highest BCUT2D eigenvalue weighted by Gasteiger charge is 2.29. The van der Waals surface area contributed by atoms with Crippen LogP contribution in [0.1, 0.15) is 98.3 Å². The van der Waals surface area contributed by atoms with E-state index < -0.39 is 0 Å². The Morgan fingerprint density at radius 3 is 2.14 bits per heavy atom. The average Bonchev–Trinajstić information content (AvgIpc) is 2.71. The summed E-state index contributed by atoms with van der Waals surface area (Å²) in [5, 5.41) is 3.16. The van der Waals surface area contributed by atoms with Crippen molar-refractivity contribution in [3.8, 4) is 0 Å². The number of Topliss-reactive ketones (excluding diaryl/α,β-unsaturated/α-hetero) is 1. The van der Waals surface area contributed by atoms with Gasteiger partial charge in [0.15, 0.2) is 0 Å². The molecule has 5 heteroatoms. The summed E-state index contributed by atoms with van der Waals surface area (Å²) in [5.74, 6) is 0.912. The van der Waals surface area contributed by atoms with Gasteiger partial charge in [-0.2, -0.15) is 0 Å². The van der Waals surface area contributed by atoms with Gasteiger partial charge < -0.3 is 14.8 Å². The van der Waals surface area contributed by atoms with Gasteiger partial charge in [-0.15, -0.1) is 0 Å². The van der Waals surface area contributed by atoms with Crippen molar-refractivity contribution in [1.29, 1.82) is 0 Å². The average molecular weight is 410 g/mol. The molecule has 1 amide bonds. The number of ketones is 1. The standard InChI is InChI=1S/C24H43NO4/c1-5-18(4)24(27)19-8-10-20(11-9-19)25-23(26)7-6-16-28-21-12-14-22(15-13-21)29-17(2)3/h17-22H,5-16H2,1-4H3,(H,25,26). The second kappa shape index (κ2) is 12.7. The third-order valence-corrected chi connectivity index (χ3v) is 6.58. The van der Waals surface area contributed by atoms with Gasteiger partial charge in [0.05, 0.1) is 18.3 Å². The van der Waals surface area contributed by atoms with Crippen LogP contribution in [0.15, 0.2) is 0 Å². The van der Waals surface area contributed by atoms with Crippen LogP contribution in [-0.2, 0) is 19.1 Å². The van der Waals surface area contributed by atoms with E-state index in [-0.39, 0.29) is 23.8 Å². The Morgan fingerprint density at radius 2 is 1.55 bits per heavy atom. The van der Waals surface area contributed by atoms with Crippen molar-refractivity contribution < 1.29 is 19.1 Å². The van der Waals surface area contributed by atoms with E-state index in [0.29, 0.717) is 37.1 Å². The zero-order valence-electron chi connectivity index (χ0n) is 19.1. The number of amides is 1. The molecule has 5 nitrogen and oxygen atoms in total. The fourth-order valence-corrected chi connectivity index (χ4v) is 4.63. The van der Waals surface area contributed by atoms with E-state index in [4.69, 9.17) is 9.47 Å². The van der Waals surface area contributed by atoms with E-state index in [2.05, 4.69) is 26.1 Å². The first-order valence-corrected chi connectivity index (χ1v) is 12.0. The molecule has 0 spiro atoms. The first kappa shape index (κ1) is 24.3. The maximum Gasteiger partial charge on any atom is 0.220 e. The van der Waals surface area contributed by atoms with Crippen molar-refractivity contribution in [2.75, 3.05) is 6.61 Å². The lowest BCUT2D eigenvalue weighted by molar-refractivity contribution is -0.127. The van der Waals surface area contributed by atoms with Crippen LogP contribution in [0.3, 0.4) is 0 Å². The molecule has 2 aliphatic rings. The first-order valence-electron chi connectivity index (χ1n) is 12.0. The molecule has 2 saturated carbocycles. The third kappa shape index (κ3) is 8.75. The van der Waals surface area contributed by atoms with Crippen molar-refractivity contribution in [2.24, 2.45) is 11.8 Å². The van der Waals surface area contributed by atoms with Crippen LogP contribution >= 0.6 is 0 Å². The number of hydrogen-bond acceptors (Lipinski definition) is 4. The molecular weight excluding hydrogens is 366 g/mol. The minimum absolute atomic E-state index is 0.124. The Morgan fingerprint density at radius 1 is 0.931 bits per heavy atom. The van der Waals surface area contributed by atoms with Crippen molar-refractivity contribution in [2.45, 2.75) is 123 Å². The quantitative estimate of drug-likeness (QED) is 0.497. The fraction of sp³-hybridized carbons (Fsp3) is 0.917. The molecule has 2 fully saturated rings. The number of hydrogen-bond donors (Lipinski definition) is 1. The molecule has 2 rings (SSSR count). The van der Waals surface area contributed by atoms with Crippen LogP contribution in [0, 0.1) is 11.8 Å². The number of nitrogens with one attached hydrogen (secondary N) is 1. The summed E-state index contributed by atoms with van der Waals surface area (Å²) >= 11 is 0. The van der Waals surface area contributed by atoms with Crippen LogP contribution in [0.2, 0.25) is 0 Å². The van der Waals surface area contributed by atoms with Gasteiger partial charge >= 0.3 is 0 Å². The van der Waals surface area contributed by atoms with Gasteiger partial charge in [-0.05, 0) is 78.1 Å². The molecular formula is C24H43NO4. The topological polar surface area (TPSA) is 64.6 Å². The molecule has 0 radical (unpaired) electrons. The predicted octanol–water partition coefficient (Wildman–Crippen LogP) is 4.81. The van der Waals surface area contributed by atoms with Crippen LogP contribution < -0.4 is 5.32 Å². The van der Waals surface area contributed by atoms with Crippen LogP contribution in [0.25, 0.3) is 0 Å². The summed E-state index contributed by atoms with van der Waals surface area (Å²) in [7, 11) is 0. The Balaban J connectivity index is 1.52. The maximum atomic E-state index is 12.3. The van der Waals surface area contributed by atoms with Gasteiger partial charge in [-0.1, -0.05) is 13.8 Å². The normalized spacial score (nSPS) is 28.9. The summed E-state index contributed by atoms with van der Waals surface area (Å²) in [6.07, 6.45) is 11.2. The van der Waals surface area contributed by atoms with Crippen LogP contribution in [0.5, 0.6) is 0 Å². The summed E-state index contributed by atoms with van der Waals surface area (Å²) < 4.78 is 11.9. The summed E-state index contributed by atoms with van der Waals surface area (Å²) in [6.45, 7) is 8.94. The molecule has 1 unspecified atom stereocenters. The lowest BCUT2D eigenvalue weighted by Gasteiger charge is -2.30. The first-order chi connectivity index (χ1) is 13.9. The number of carbonyl (C=O) groups excluding carboxylic acids is 2. The minimum atomic E-state index is 0.124. The molecule has 0 aromatic heterocycles. The molecule has 168 valence electrons. The Labute approximate surface area is 177 Å². The molecule has 0 heterocycles. The van der Waals surface area contributed by atoms with Gasteiger partial charge in [0.25, 0.3) is 0 Å². The molecule has 1 atom stereocenters. The highest BCUT2D eigenvalue weighted by atomic mass is 16.5. The van der Waals surface area contributed by atoms with E-state index in [0.717, 1.165) is 64.2 Å². The Kier molecular flexibility index (Phi) is 10.6. The van der Waals surface area contributed by atoms with Crippen molar-refractivity contribution in [3.63, 3.8) is 0 Å². The van der Waals surface area contributed by atoms with E-state index in [9.17, 15) is 9.59 Å². The summed E-state index contributed by atoms with van der Waals surface area (Å²) in [6, 6.07) is 0.237. The molecule has 0 aliphatic heterocycles. The second-order valence-electron chi connectivity index (χ2n) is 9.39. The fourth-order valence-electron chi connectivity index (χ4n) is 4.63. The van der Waals surface area contributed by atoms with Gasteiger partial charge in [0.1, 0.15) is 5.78 Å². The summed E-state index contributed by atoms with van der Waals surface area (Å²) in [4.78, 5) is 24.5. The zero-order valence-corrected chi connectivity index (χ0v) is 19.1. The Bertz CT molecular complexity index is 491. The third-order valence-electron chi connectivity index (χ3n) is 6.58. The molecule has 29 heavy (non-hydrogen) atoms. The van der Waals surface area contributed by atoms with Gasteiger partial charge in [-0.3, -0.25) is 9.59 Å². The minimum Gasteiger partial charge on any atom is -0.378 e. The molecule has 0 aromatic carbocycles. The van der Waals surface area contributed by atoms with Gasteiger partial charge in [0.2, 0.25) is 5.91 Å². The molecule has 1 N–H and O–H groups in total. The number of rotatable bonds is 11. The highest BCUT2D eigenvalue weighted by Crippen LogP contribution is 2.28. The zero-order chi connectivity index (χ0) is 21.2. The molecule has 0 aromatic rings. The largest absolute Gasteiger partial charge is 0.378 e. The van der Waals surface area contributed by atoms with Gasteiger partial charge in [-0.25, -0.2) is 0 Å². The number of carbonyl (C=O) groups is 2. The van der Waals surface area contributed by atoms with Crippen molar-refractivity contribution >= 4 is 11.7 Å². The smallest absolute Gasteiger partial charge is 0.220 e. The SMILES string of the molecule is CCC(C)C(=O)C1CCC(NC(=O)CCCOC2CCC(OC(C)C)CC2)CC1. The van der Waals surface area contributed by atoms with E-state index >= 15 is 0 Å². The molecule has 2 aliphatic carbocycles. The van der Waals surface area contributed by atoms with Gasteiger partial charge in [0, 0.05) is 30.9 Å². The Hall–Kier alpha value is -0.940. The second-order valence-corrected chi connectivity index (χ2v) is 9.39. The lowest BCUT2D eigenvalue weighted by Crippen LogP contribution is -2.39. The van der Waals surface area contributed by atoms with Crippen LogP contribution in [-0.4, -0.2) is 42.7 Å².